The van der Waals surface area contributed by atoms with Crippen molar-refractivity contribution in [3.8, 4) is 0 Å². The van der Waals surface area contributed by atoms with Gasteiger partial charge in [0.1, 0.15) is 5.65 Å². The van der Waals surface area contributed by atoms with E-state index >= 15 is 0 Å². The molecule has 0 radical (unpaired) electrons. The summed E-state index contributed by atoms with van der Waals surface area (Å²) in [6.07, 6.45) is 6.26. The van der Waals surface area contributed by atoms with Gasteiger partial charge in [-0.15, -0.1) is 0 Å². The molecule has 1 amide bonds. The molecule has 6 nitrogen and oxygen atoms in total. The van der Waals surface area contributed by atoms with Gasteiger partial charge in [-0.2, -0.15) is 0 Å². The molecule has 26 heavy (non-hydrogen) atoms. The van der Waals surface area contributed by atoms with Gasteiger partial charge in [0.15, 0.2) is 5.79 Å². The molecule has 2 aromatic heterocycles. The fourth-order valence-corrected chi connectivity index (χ4v) is 4.63. The van der Waals surface area contributed by atoms with E-state index in [0.717, 1.165) is 56.5 Å². The number of hydrogen-bond donors (Lipinski definition) is 0. The molecule has 0 N–H and O–H groups in total. The van der Waals surface area contributed by atoms with Crippen LogP contribution < -0.4 is 0 Å². The zero-order valence-electron chi connectivity index (χ0n) is 15.2. The smallest absolute Gasteiger partial charge is 0.226 e. The fraction of sp³-hybridized carbons (Fsp3) is 0.600. The largest absolute Gasteiger partial charge is 0.347 e. The molecular formula is C20H25N3O3. The highest BCUT2D eigenvalue weighted by molar-refractivity contribution is 5.79. The molecule has 2 aromatic rings. The lowest BCUT2D eigenvalue weighted by atomic mass is 9.88. The number of likely N-dealkylation sites (tertiary alicyclic amines) is 1. The molecule has 1 unspecified atom stereocenters. The van der Waals surface area contributed by atoms with Gasteiger partial charge in [-0.25, -0.2) is 4.98 Å². The Kier molecular flexibility index (Phi) is 3.79. The quantitative estimate of drug-likeness (QED) is 0.786. The zero-order chi connectivity index (χ0) is 17.7. The molecule has 1 aliphatic carbocycles. The zero-order valence-corrected chi connectivity index (χ0v) is 15.2. The standard InChI is InChI=1S/C20H25N3O3/c1-14-2-5-18-21-16-4-3-15(12-17(16)23(18)13-14)19(24)22-8-6-20(7-9-22)25-10-11-26-20/h2,5,13,15H,3-4,6-12H2,1H3. The molecule has 2 saturated heterocycles. The van der Waals surface area contributed by atoms with E-state index in [-0.39, 0.29) is 11.8 Å². The van der Waals surface area contributed by atoms with Crippen molar-refractivity contribution in [1.82, 2.24) is 14.3 Å². The maximum Gasteiger partial charge on any atom is 0.226 e. The summed E-state index contributed by atoms with van der Waals surface area (Å²) in [6.45, 7) is 4.90. The van der Waals surface area contributed by atoms with Crippen LogP contribution in [-0.4, -0.2) is 52.3 Å². The molecule has 0 saturated carbocycles. The minimum atomic E-state index is -0.421. The van der Waals surface area contributed by atoms with Gasteiger partial charge in [0.2, 0.25) is 5.91 Å². The molecule has 3 aliphatic rings. The number of aryl methyl sites for hydroxylation is 2. The number of pyridine rings is 1. The average Bonchev–Trinajstić information content (AvgIpc) is 3.26. The second-order valence-corrected chi connectivity index (χ2v) is 7.81. The second-order valence-electron chi connectivity index (χ2n) is 7.81. The van der Waals surface area contributed by atoms with Gasteiger partial charge in [0, 0.05) is 50.2 Å². The molecule has 4 heterocycles. The Morgan fingerprint density at radius 2 is 2.00 bits per heavy atom. The van der Waals surface area contributed by atoms with Crippen LogP contribution in [0.25, 0.3) is 5.65 Å². The topological polar surface area (TPSA) is 56.1 Å². The first-order chi connectivity index (χ1) is 12.6. The third-order valence-electron chi connectivity index (χ3n) is 6.12. The number of piperidine rings is 1. The van der Waals surface area contributed by atoms with Gasteiger partial charge in [0.25, 0.3) is 0 Å². The number of nitrogens with zero attached hydrogens (tertiary/aromatic N) is 3. The summed E-state index contributed by atoms with van der Waals surface area (Å²) in [5.41, 5.74) is 4.57. The summed E-state index contributed by atoms with van der Waals surface area (Å²) < 4.78 is 13.7. The summed E-state index contributed by atoms with van der Waals surface area (Å²) >= 11 is 0. The average molecular weight is 355 g/mol. The first-order valence-electron chi connectivity index (χ1n) is 9.67. The van der Waals surface area contributed by atoms with Crippen molar-refractivity contribution in [3.05, 3.63) is 35.3 Å². The number of aromatic nitrogens is 2. The highest BCUT2D eigenvalue weighted by Gasteiger charge is 2.42. The number of fused-ring (bicyclic) bond motifs is 3. The number of hydrogen-bond acceptors (Lipinski definition) is 4. The number of amides is 1. The van der Waals surface area contributed by atoms with E-state index in [2.05, 4.69) is 29.7 Å². The van der Waals surface area contributed by atoms with E-state index in [1.165, 1.54) is 11.3 Å². The summed E-state index contributed by atoms with van der Waals surface area (Å²) in [7, 11) is 0. The molecule has 0 bridgehead atoms. The summed E-state index contributed by atoms with van der Waals surface area (Å²) in [6, 6.07) is 4.16. The second kappa shape index (κ2) is 6.06. The third-order valence-corrected chi connectivity index (χ3v) is 6.12. The van der Waals surface area contributed by atoms with Crippen molar-refractivity contribution >= 4 is 11.6 Å². The molecule has 1 spiro atoms. The Morgan fingerprint density at radius 3 is 2.77 bits per heavy atom. The number of carbonyl (C=O) groups is 1. The lowest BCUT2D eigenvalue weighted by Crippen LogP contribution is -2.49. The molecular weight excluding hydrogens is 330 g/mol. The predicted octanol–water partition coefficient (Wildman–Crippen LogP) is 2.11. The normalized spacial score (nSPS) is 25.0. The molecule has 0 aromatic carbocycles. The number of imidazole rings is 1. The van der Waals surface area contributed by atoms with Crippen LogP contribution >= 0.6 is 0 Å². The van der Waals surface area contributed by atoms with Gasteiger partial charge in [-0.3, -0.25) is 4.79 Å². The maximum atomic E-state index is 13.1. The van der Waals surface area contributed by atoms with E-state index in [9.17, 15) is 4.79 Å². The summed E-state index contributed by atoms with van der Waals surface area (Å²) in [5.74, 6) is -0.0798. The molecule has 1 atom stereocenters. The van der Waals surface area contributed by atoms with E-state index in [4.69, 9.17) is 14.5 Å². The maximum absolute atomic E-state index is 13.1. The first-order valence-corrected chi connectivity index (χ1v) is 9.67. The van der Waals surface area contributed by atoms with Crippen LogP contribution in [0.15, 0.2) is 18.3 Å². The Labute approximate surface area is 153 Å². The van der Waals surface area contributed by atoms with Crippen molar-refractivity contribution in [2.75, 3.05) is 26.3 Å². The monoisotopic (exact) mass is 355 g/mol. The lowest BCUT2D eigenvalue weighted by Gasteiger charge is -2.39. The van der Waals surface area contributed by atoms with Crippen LogP contribution in [0.2, 0.25) is 0 Å². The van der Waals surface area contributed by atoms with E-state index in [0.29, 0.717) is 13.2 Å². The molecule has 2 aliphatic heterocycles. The molecule has 2 fully saturated rings. The van der Waals surface area contributed by atoms with Gasteiger partial charge in [-0.05, 0) is 31.4 Å². The van der Waals surface area contributed by atoms with E-state index in [1.54, 1.807) is 0 Å². The predicted molar refractivity (Wildman–Crippen MR) is 95.9 cm³/mol. The fourth-order valence-electron chi connectivity index (χ4n) is 4.63. The van der Waals surface area contributed by atoms with Crippen LogP contribution in [0.3, 0.4) is 0 Å². The SMILES string of the molecule is Cc1ccc2nc3c(n2c1)CC(C(=O)N1CCC2(CC1)OCCO2)CC3. The minimum absolute atomic E-state index is 0.0578. The number of carbonyl (C=O) groups excluding carboxylic acids is 1. The number of rotatable bonds is 1. The van der Waals surface area contributed by atoms with Crippen LogP contribution in [0, 0.1) is 12.8 Å². The van der Waals surface area contributed by atoms with Crippen molar-refractivity contribution in [3.63, 3.8) is 0 Å². The van der Waals surface area contributed by atoms with Crippen LogP contribution in [-0.2, 0) is 27.1 Å². The van der Waals surface area contributed by atoms with Crippen molar-refractivity contribution in [2.45, 2.75) is 44.8 Å². The Morgan fingerprint density at radius 1 is 1.23 bits per heavy atom. The van der Waals surface area contributed by atoms with Gasteiger partial charge < -0.3 is 18.8 Å². The van der Waals surface area contributed by atoms with Crippen LogP contribution in [0.4, 0.5) is 0 Å². The third kappa shape index (κ3) is 2.63. The molecule has 6 heteroatoms. The van der Waals surface area contributed by atoms with Crippen molar-refractivity contribution in [2.24, 2.45) is 5.92 Å². The van der Waals surface area contributed by atoms with E-state index in [1.807, 2.05) is 4.90 Å². The molecule has 138 valence electrons. The Bertz CT molecular complexity index is 843. The first kappa shape index (κ1) is 16.3. The highest BCUT2D eigenvalue weighted by atomic mass is 16.7. The Hall–Kier alpha value is -1.92. The highest BCUT2D eigenvalue weighted by Crippen LogP contribution is 2.33. The van der Waals surface area contributed by atoms with Crippen LogP contribution in [0.5, 0.6) is 0 Å². The van der Waals surface area contributed by atoms with Gasteiger partial charge in [0.05, 0.1) is 18.9 Å². The minimum Gasteiger partial charge on any atom is -0.347 e. The number of ether oxygens (including phenoxy) is 2. The van der Waals surface area contributed by atoms with Crippen LogP contribution in [0.1, 0.15) is 36.2 Å². The van der Waals surface area contributed by atoms with E-state index < -0.39 is 5.79 Å². The Balaban J connectivity index is 1.32. The molecule has 5 rings (SSSR count). The van der Waals surface area contributed by atoms with Gasteiger partial charge >= 0.3 is 0 Å². The lowest BCUT2D eigenvalue weighted by molar-refractivity contribution is -0.188. The summed E-state index contributed by atoms with van der Waals surface area (Å²) in [4.78, 5) is 19.9. The van der Waals surface area contributed by atoms with Crippen molar-refractivity contribution in [1.29, 1.82) is 0 Å². The summed E-state index contributed by atoms with van der Waals surface area (Å²) in [5, 5.41) is 0. The van der Waals surface area contributed by atoms with Crippen molar-refractivity contribution < 1.29 is 14.3 Å². The van der Waals surface area contributed by atoms with Gasteiger partial charge in [-0.1, -0.05) is 6.07 Å².